The van der Waals surface area contributed by atoms with Crippen LogP contribution in [0.15, 0.2) is 54.6 Å². The van der Waals surface area contributed by atoms with Crippen LogP contribution in [0.2, 0.25) is 0 Å². The molecule has 0 bridgehead atoms. The molecule has 1 aliphatic rings. The first kappa shape index (κ1) is 14.3. The predicted octanol–water partition coefficient (Wildman–Crippen LogP) is 2.55. The number of nitrogens with one attached hydrogen (secondary N) is 3. The Morgan fingerprint density at radius 2 is 1.95 bits per heavy atom. The molecule has 21 heavy (non-hydrogen) atoms. The number of benzene rings is 2. The Hall–Kier alpha value is -1.68. The Morgan fingerprint density at radius 3 is 2.76 bits per heavy atom. The van der Waals surface area contributed by atoms with Gasteiger partial charge < -0.3 is 5.32 Å². The summed E-state index contributed by atoms with van der Waals surface area (Å²) in [5.74, 6) is 0.567. The van der Waals surface area contributed by atoms with Gasteiger partial charge in [-0.25, -0.2) is 5.43 Å². The average Bonchev–Trinajstić information content (AvgIpc) is 2.97. The summed E-state index contributed by atoms with van der Waals surface area (Å²) in [6.07, 6.45) is 0. The monoisotopic (exact) mass is 281 g/mol. The Bertz CT molecular complexity index is 568. The van der Waals surface area contributed by atoms with Gasteiger partial charge in [-0.1, -0.05) is 60.2 Å². The Balaban J connectivity index is 1.55. The van der Waals surface area contributed by atoms with E-state index in [0.717, 1.165) is 19.6 Å². The fourth-order valence-corrected chi connectivity index (χ4v) is 2.97. The lowest BCUT2D eigenvalue weighted by molar-refractivity contribution is 0.441. The van der Waals surface area contributed by atoms with E-state index in [1.807, 2.05) is 0 Å². The van der Waals surface area contributed by atoms with E-state index in [4.69, 9.17) is 0 Å². The van der Waals surface area contributed by atoms with Crippen molar-refractivity contribution in [1.82, 2.24) is 16.2 Å². The Kier molecular flexibility index (Phi) is 4.65. The van der Waals surface area contributed by atoms with Crippen LogP contribution in [0.4, 0.5) is 0 Å². The second-order valence-corrected chi connectivity index (χ2v) is 5.79. The van der Waals surface area contributed by atoms with Crippen LogP contribution < -0.4 is 16.2 Å². The molecule has 2 unspecified atom stereocenters. The van der Waals surface area contributed by atoms with Gasteiger partial charge in [0.05, 0.1) is 6.04 Å². The zero-order chi connectivity index (χ0) is 14.5. The molecule has 0 aliphatic carbocycles. The molecule has 3 N–H and O–H groups in total. The molecule has 2 aromatic rings. The third-order valence-electron chi connectivity index (χ3n) is 4.07. The average molecular weight is 281 g/mol. The van der Waals surface area contributed by atoms with Crippen molar-refractivity contribution in [1.29, 1.82) is 0 Å². The van der Waals surface area contributed by atoms with E-state index in [1.165, 1.54) is 16.7 Å². The molecule has 2 aromatic carbocycles. The van der Waals surface area contributed by atoms with Crippen LogP contribution in [0.3, 0.4) is 0 Å². The highest BCUT2D eigenvalue weighted by Gasteiger charge is 2.27. The van der Waals surface area contributed by atoms with Crippen LogP contribution in [0, 0.1) is 12.8 Å². The summed E-state index contributed by atoms with van der Waals surface area (Å²) < 4.78 is 0. The summed E-state index contributed by atoms with van der Waals surface area (Å²) in [6.45, 7) is 5.08. The summed E-state index contributed by atoms with van der Waals surface area (Å²) in [7, 11) is 0. The van der Waals surface area contributed by atoms with Gasteiger partial charge in [0, 0.05) is 25.6 Å². The largest absolute Gasteiger partial charge is 0.312 e. The zero-order valence-electron chi connectivity index (χ0n) is 12.5. The minimum absolute atomic E-state index is 0.385. The van der Waals surface area contributed by atoms with Crippen LogP contribution in [0.25, 0.3) is 0 Å². The molecule has 3 nitrogen and oxygen atoms in total. The summed E-state index contributed by atoms with van der Waals surface area (Å²) in [5, 5.41) is 3.59. The smallest absolute Gasteiger partial charge is 0.0515 e. The molecule has 3 heteroatoms. The molecule has 1 aliphatic heterocycles. The molecule has 0 spiro atoms. The minimum Gasteiger partial charge on any atom is -0.312 e. The fourth-order valence-electron chi connectivity index (χ4n) is 2.97. The summed E-state index contributed by atoms with van der Waals surface area (Å²) in [5.41, 5.74) is 10.7. The van der Waals surface area contributed by atoms with Crippen molar-refractivity contribution in [2.45, 2.75) is 19.5 Å². The Morgan fingerprint density at radius 1 is 1.10 bits per heavy atom. The van der Waals surface area contributed by atoms with E-state index in [-0.39, 0.29) is 0 Å². The lowest BCUT2D eigenvalue weighted by atomic mass is 9.95. The summed E-state index contributed by atoms with van der Waals surface area (Å²) in [4.78, 5) is 0. The number of rotatable bonds is 5. The first-order valence-electron chi connectivity index (χ1n) is 7.62. The topological polar surface area (TPSA) is 36.1 Å². The van der Waals surface area contributed by atoms with E-state index in [2.05, 4.69) is 77.7 Å². The normalized spacial score (nSPS) is 21.6. The van der Waals surface area contributed by atoms with Crippen molar-refractivity contribution in [3.8, 4) is 0 Å². The number of hydrazine groups is 1. The molecule has 1 saturated heterocycles. The van der Waals surface area contributed by atoms with Gasteiger partial charge in [-0.15, -0.1) is 0 Å². The molecule has 110 valence electrons. The summed E-state index contributed by atoms with van der Waals surface area (Å²) >= 11 is 0. The first-order valence-corrected chi connectivity index (χ1v) is 7.62. The van der Waals surface area contributed by atoms with Gasteiger partial charge in [0.15, 0.2) is 0 Å². The molecule has 0 radical (unpaired) electrons. The molecule has 0 amide bonds. The second kappa shape index (κ2) is 6.85. The summed E-state index contributed by atoms with van der Waals surface area (Å²) in [6, 6.07) is 19.7. The highest BCUT2D eigenvalue weighted by Crippen LogP contribution is 2.24. The minimum atomic E-state index is 0.385. The maximum Gasteiger partial charge on any atom is 0.0515 e. The van der Waals surface area contributed by atoms with E-state index in [9.17, 15) is 0 Å². The molecular formula is C18H23N3. The standard InChI is InChI=1S/C18H23N3/c1-14-6-5-7-15(10-14)11-19-12-17-13-20-21-18(17)16-8-3-2-4-9-16/h2-10,17-21H,11-13H2,1H3. The highest BCUT2D eigenvalue weighted by atomic mass is 15.4. The van der Waals surface area contributed by atoms with Gasteiger partial charge >= 0.3 is 0 Å². The lowest BCUT2D eigenvalue weighted by Crippen LogP contribution is -2.28. The molecule has 1 heterocycles. The third kappa shape index (κ3) is 3.70. The molecule has 0 aromatic heterocycles. The van der Waals surface area contributed by atoms with Crippen molar-refractivity contribution in [3.63, 3.8) is 0 Å². The van der Waals surface area contributed by atoms with Crippen LogP contribution >= 0.6 is 0 Å². The quantitative estimate of drug-likeness (QED) is 0.788. The van der Waals surface area contributed by atoms with Gasteiger partial charge in [-0.05, 0) is 18.1 Å². The number of aryl methyl sites for hydroxylation is 1. The van der Waals surface area contributed by atoms with Crippen LogP contribution in [-0.4, -0.2) is 13.1 Å². The first-order chi connectivity index (χ1) is 10.3. The van der Waals surface area contributed by atoms with Crippen molar-refractivity contribution in [2.24, 2.45) is 5.92 Å². The van der Waals surface area contributed by atoms with Gasteiger partial charge in [0.25, 0.3) is 0 Å². The molecule has 2 atom stereocenters. The third-order valence-corrected chi connectivity index (χ3v) is 4.07. The van der Waals surface area contributed by atoms with Crippen molar-refractivity contribution in [2.75, 3.05) is 13.1 Å². The van der Waals surface area contributed by atoms with Crippen molar-refractivity contribution in [3.05, 3.63) is 71.3 Å². The van der Waals surface area contributed by atoms with Crippen LogP contribution in [0.5, 0.6) is 0 Å². The second-order valence-electron chi connectivity index (χ2n) is 5.79. The maximum atomic E-state index is 3.59. The number of hydrogen-bond acceptors (Lipinski definition) is 3. The molecule has 0 saturated carbocycles. The maximum absolute atomic E-state index is 3.59. The van der Waals surface area contributed by atoms with Crippen molar-refractivity contribution >= 4 is 0 Å². The highest BCUT2D eigenvalue weighted by molar-refractivity contribution is 5.22. The fraction of sp³-hybridized carbons (Fsp3) is 0.333. The van der Waals surface area contributed by atoms with E-state index in [0.29, 0.717) is 12.0 Å². The predicted molar refractivity (Wildman–Crippen MR) is 86.7 cm³/mol. The number of hydrogen-bond donors (Lipinski definition) is 3. The van der Waals surface area contributed by atoms with E-state index < -0.39 is 0 Å². The Labute approximate surface area is 126 Å². The molecule has 3 rings (SSSR count). The van der Waals surface area contributed by atoms with Gasteiger partial charge in [-0.2, -0.15) is 0 Å². The van der Waals surface area contributed by atoms with Gasteiger partial charge in [-0.3, -0.25) is 5.43 Å². The lowest BCUT2D eigenvalue weighted by Gasteiger charge is -2.19. The van der Waals surface area contributed by atoms with Gasteiger partial charge in [0.2, 0.25) is 0 Å². The molecular weight excluding hydrogens is 258 g/mol. The van der Waals surface area contributed by atoms with Crippen LogP contribution in [0.1, 0.15) is 22.7 Å². The van der Waals surface area contributed by atoms with E-state index in [1.54, 1.807) is 0 Å². The molecule has 1 fully saturated rings. The van der Waals surface area contributed by atoms with E-state index >= 15 is 0 Å². The van der Waals surface area contributed by atoms with Crippen LogP contribution in [-0.2, 0) is 6.54 Å². The van der Waals surface area contributed by atoms with Gasteiger partial charge in [0.1, 0.15) is 0 Å². The SMILES string of the molecule is Cc1cccc(CNCC2CNNC2c2ccccc2)c1. The van der Waals surface area contributed by atoms with Crippen molar-refractivity contribution < 1.29 is 0 Å². The zero-order valence-corrected chi connectivity index (χ0v) is 12.5.